The van der Waals surface area contributed by atoms with Crippen molar-refractivity contribution in [3.63, 3.8) is 0 Å². The van der Waals surface area contributed by atoms with Crippen LogP contribution in [0.5, 0.6) is 0 Å². The van der Waals surface area contributed by atoms with Crippen molar-refractivity contribution in [3.05, 3.63) is 67.1 Å². The van der Waals surface area contributed by atoms with Gasteiger partial charge in [0, 0.05) is 0 Å². The first-order valence-corrected chi connectivity index (χ1v) is 10.1. The van der Waals surface area contributed by atoms with Crippen LogP contribution in [0.3, 0.4) is 0 Å². The number of rotatable bonds is 4. The summed E-state index contributed by atoms with van der Waals surface area (Å²) in [5.74, 6) is 1.43. The Balaban J connectivity index is 0.00000104. The van der Waals surface area contributed by atoms with Crippen LogP contribution in [-0.2, 0) is 25.8 Å². The van der Waals surface area contributed by atoms with Crippen molar-refractivity contribution in [1.29, 1.82) is 0 Å². The van der Waals surface area contributed by atoms with Gasteiger partial charge in [-0.2, -0.15) is 6.07 Å². The van der Waals surface area contributed by atoms with E-state index < -0.39 is 0 Å². The van der Waals surface area contributed by atoms with Crippen LogP contribution in [0.2, 0.25) is 0 Å². The molecule has 4 rings (SSSR count). The minimum absolute atomic E-state index is 0. The van der Waals surface area contributed by atoms with E-state index in [1.54, 1.807) is 5.30 Å². The van der Waals surface area contributed by atoms with Crippen LogP contribution in [0.4, 0.5) is 0 Å². The number of hydrogen-bond acceptors (Lipinski definition) is 0. The average Bonchev–Trinajstić information content (AvgIpc) is 3.15. The van der Waals surface area contributed by atoms with Crippen LogP contribution in [0.15, 0.2) is 60.7 Å². The molecule has 2 aromatic rings. The van der Waals surface area contributed by atoms with Gasteiger partial charge >= 0.3 is 25.8 Å². The minimum atomic E-state index is -0.0640. The predicted octanol–water partition coefficient (Wildman–Crippen LogP) is -0.584. The van der Waals surface area contributed by atoms with Crippen LogP contribution >= 0.6 is 7.92 Å². The number of allylic oxidation sites excluding steroid dienone is 4. The molecule has 2 aliphatic rings. The van der Waals surface area contributed by atoms with Crippen LogP contribution in [0.25, 0.3) is 10.8 Å². The van der Waals surface area contributed by atoms with Crippen LogP contribution in [-0.4, -0.2) is 11.8 Å². The van der Waals surface area contributed by atoms with Crippen LogP contribution < -0.4 is 30.1 Å². The number of hydrogen-bond donors (Lipinski definition) is 0. The normalized spacial score (nSPS) is 24.8. The van der Waals surface area contributed by atoms with Gasteiger partial charge in [0.1, 0.15) is 0 Å². The van der Waals surface area contributed by atoms with Crippen molar-refractivity contribution in [2.24, 2.45) is 11.8 Å². The SMILES string of the molecule is CCCP(c1cc2ccccc2[cH-]1)C1[CH-]C2C=CC=CC2C1.[Cl-].[Cl-].[Hf+4]. The Labute approximate surface area is 184 Å². The molecule has 130 valence electrons. The van der Waals surface area contributed by atoms with Crippen LogP contribution in [0, 0.1) is 18.3 Å². The molecule has 0 nitrogen and oxygen atoms in total. The minimum Gasteiger partial charge on any atom is -1.00 e. The van der Waals surface area contributed by atoms with Gasteiger partial charge in [0.25, 0.3) is 0 Å². The molecule has 4 heteroatoms. The third kappa shape index (κ3) is 4.92. The van der Waals surface area contributed by atoms with E-state index in [0.29, 0.717) is 5.92 Å². The second-order valence-corrected chi connectivity index (χ2v) is 9.11. The van der Waals surface area contributed by atoms with Crippen molar-refractivity contribution in [3.8, 4) is 0 Å². The number of fused-ring (bicyclic) bond motifs is 2. The summed E-state index contributed by atoms with van der Waals surface area (Å²) in [5, 5.41) is 4.44. The van der Waals surface area contributed by atoms with Gasteiger partial charge in [-0.25, -0.2) is 0 Å². The summed E-state index contributed by atoms with van der Waals surface area (Å²) in [6.07, 6.45) is 15.9. The van der Waals surface area contributed by atoms with E-state index in [1.807, 2.05) is 0 Å². The first kappa shape index (κ1) is 23.2. The summed E-state index contributed by atoms with van der Waals surface area (Å²) in [4.78, 5) is 0. The van der Waals surface area contributed by atoms with E-state index >= 15 is 0 Å². The van der Waals surface area contributed by atoms with Crippen molar-refractivity contribution in [2.75, 3.05) is 6.16 Å². The second-order valence-electron chi connectivity index (χ2n) is 6.54. The van der Waals surface area contributed by atoms with E-state index in [9.17, 15) is 0 Å². The third-order valence-corrected chi connectivity index (χ3v) is 8.09. The molecular weight excluding hydrogens is 533 g/mol. The van der Waals surface area contributed by atoms with Gasteiger partial charge in [-0.05, 0) is 12.1 Å². The van der Waals surface area contributed by atoms with Gasteiger partial charge < -0.3 is 31.2 Å². The summed E-state index contributed by atoms with van der Waals surface area (Å²) >= 11 is 0. The van der Waals surface area contributed by atoms with E-state index in [2.05, 4.69) is 74.0 Å². The number of halogens is 2. The quantitative estimate of drug-likeness (QED) is 0.269. The molecule has 2 aliphatic carbocycles. The zero-order valence-corrected chi connectivity index (χ0v) is 20.4. The molecule has 0 bridgehead atoms. The van der Waals surface area contributed by atoms with Crippen molar-refractivity contribution < 1.29 is 50.7 Å². The summed E-state index contributed by atoms with van der Waals surface area (Å²) in [6, 6.07) is 13.7. The van der Waals surface area contributed by atoms with Gasteiger partial charge in [-0.15, -0.1) is 65.9 Å². The smallest absolute Gasteiger partial charge is 1.00 e. The second kappa shape index (κ2) is 10.5. The molecule has 4 unspecified atom stereocenters. The van der Waals surface area contributed by atoms with Gasteiger partial charge in [-0.3, -0.25) is 0 Å². The molecule has 0 aromatic heterocycles. The zero-order chi connectivity index (χ0) is 14.9. The third-order valence-electron chi connectivity index (χ3n) is 5.05. The van der Waals surface area contributed by atoms with E-state index in [-0.39, 0.29) is 58.6 Å². The molecule has 2 aromatic carbocycles. The molecular formula is C21H23Cl2HfP. The fourth-order valence-corrected chi connectivity index (χ4v) is 6.95. The molecule has 0 N–H and O–H groups in total. The van der Waals surface area contributed by atoms with Gasteiger partial charge in [0.2, 0.25) is 0 Å². The van der Waals surface area contributed by atoms with Gasteiger partial charge in [0.15, 0.2) is 0 Å². The van der Waals surface area contributed by atoms with Gasteiger partial charge in [0.05, 0.1) is 0 Å². The predicted molar refractivity (Wildman–Crippen MR) is 99.2 cm³/mol. The molecule has 0 saturated heterocycles. The average molecular weight is 556 g/mol. The molecule has 1 saturated carbocycles. The monoisotopic (exact) mass is 556 g/mol. The summed E-state index contributed by atoms with van der Waals surface area (Å²) < 4.78 is 0. The first-order valence-electron chi connectivity index (χ1n) is 8.47. The van der Waals surface area contributed by atoms with Crippen molar-refractivity contribution >= 4 is 24.0 Å². The maximum Gasteiger partial charge on any atom is 4.00 e. The molecule has 0 heterocycles. The first-order chi connectivity index (χ1) is 10.8. The zero-order valence-electron chi connectivity index (χ0n) is 14.4. The largest absolute Gasteiger partial charge is 4.00 e. The maximum atomic E-state index is 2.66. The molecule has 4 atom stereocenters. The van der Waals surface area contributed by atoms with E-state index in [4.69, 9.17) is 0 Å². The Kier molecular flexibility index (Phi) is 9.76. The van der Waals surface area contributed by atoms with Gasteiger partial charge in [-0.1, -0.05) is 44.1 Å². The Morgan fingerprint density at radius 1 is 1.12 bits per heavy atom. The van der Waals surface area contributed by atoms with E-state index in [0.717, 1.165) is 11.6 Å². The Morgan fingerprint density at radius 3 is 2.60 bits per heavy atom. The summed E-state index contributed by atoms with van der Waals surface area (Å²) in [7, 11) is -0.0640. The Morgan fingerprint density at radius 2 is 1.88 bits per heavy atom. The number of benzene rings is 1. The molecule has 25 heavy (non-hydrogen) atoms. The maximum absolute atomic E-state index is 2.66. The summed E-state index contributed by atoms with van der Waals surface area (Å²) in [5.41, 5.74) is 0.786. The molecule has 0 spiro atoms. The van der Waals surface area contributed by atoms with Crippen molar-refractivity contribution in [1.82, 2.24) is 0 Å². The van der Waals surface area contributed by atoms with Crippen LogP contribution in [0.1, 0.15) is 19.8 Å². The fraction of sp³-hybridized carbons (Fsp3) is 0.333. The molecule has 0 radical (unpaired) electrons. The molecule has 0 amide bonds. The fourth-order valence-electron chi connectivity index (χ4n) is 3.99. The molecule has 1 fully saturated rings. The standard InChI is InChI=1S/C21H23P.2ClH.Hf/c1-2-11-22(20-12-16-7-3-4-8-17(16)13-20)21-14-18-9-5-6-10-19(18)15-21;;;/h3-10,12-14,18-19,21H,2,11,15H2,1H3;2*1H;/q-2;;;+4/p-2. The summed E-state index contributed by atoms with van der Waals surface area (Å²) in [6.45, 7) is 2.33. The Hall–Kier alpha value is 0.190. The molecule has 0 aliphatic heterocycles. The topological polar surface area (TPSA) is 0 Å². The Bertz CT molecular complexity index is 669. The van der Waals surface area contributed by atoms with Crippen molar-refractivity contribution in [2.45, 2.75) is 25.4 Å². The van der Waals surface area contributed by atoms with E-state index in [1.165, 1.54) is 29.8 Å².